The van der Waals surface area contributed by atoms with Gasteiger partial charge in [-0.25, -0.2) is 0 Å². The predicted octanol–water partition coefficient (Wildman–Crippen LogP) is 0.218. The molecule has 0 aromatic heterocycles. The smallest absolute Gasteiger partial charge is 0.321 e. The number of carbonyl (C=O) groups excluding carboxylic acids is 2. The Kier molecular flexibility index (Phi) is 6.48. The molecular formula is C13H22N2O4S. The fraction of sp³-hybridized carbons (Fsp3) is 0.769. The Morgan fingerprint density at radius 3 is 2.55 bits per heavy atom. The number of carboxylic acid groups (broad SMARTS) is 1. The molecular weight excluding hydrogens is 280 g/mol. The maximum atomic E-state index is 12.0. The molecule has 7 heteroatoms. The monoisotopic (exact) mass is 302 g/mol. The molecule has 6 nitrogen and oxygen atoms in total. The van der Waals surface area contributed by atoms with Crippen LogP contribution < -0.4 is 5.32 Å². The second-order valence-corrected chi connectivity index (χ2v) is 6.45. The van der Waals surface area contributed by atoms with Gasteiger partial charge >= 0.3 is 5.97 Å². The number of carbonyl (C=O) groups is 3. The molecule has 1 fully saturated rings. The van der Waals surface area contributed by atoms with E-state index in [0.29, 0.717) is 12.3 Å². The van der Waals surface area contributed by atoms with Crippen LogP contribution in [-0.4, -0.2) is 64.3 Å². The van der Waals surface area contributed by atoms with Crippen molar-refractivity contribution in [2.24, 2.45) is 5.92 Å². The lowest BCUT2D eigenvalue weighted by molar-refractivity contribution is -0.143. The van der Waals surface area contributed by atoms with Crippen molar-refractivity contribution >= 4 is 29.4 Å². The Balaban J connectivity index is 2.59. The van der Waals surface area contributed by atoms with Gasteiger partial charge in [0.1, 0.15) is 6.04 Å². The van der Waals surface area contributed by atoms with Gasteiger partial charge in [-0.15, -0.1) is 0 Å². The minimum Gasteiger partial charge on any atom is -0.480 e. The van der Waals surface area contributed by atoms with Crippen LogP contribution in [0.5, 0.6) is 0 Å². The number of rotatable bonds is 6. The number of hydrogen-bond donors (Lipinski definition) is 2. The second kappa shape index (κ2) is 7.64. The highest BCUT2D eigenvalue weighted by Crippen LogP contribution is 2.16. The quantitative estimate of drug-likeness (QED) is 0.730. The van der Waals surface area contributed by atoms with Gasteiger partial charge in [-0.05, 0) is 12.8 Å². The third kappa shape index (κ3) is 4.79. The molecule has 0 spiro atoms. The van der Waals surface area contributed by atoms with Gasteiger partial charge in [-0.1, -0.05) is 13.8 Å². The maximum Gasteiger partial charge on any atom is 0.321 e. The number of hydrogen-bond acceptors (Lipinski definition) is 5. The number of thioether (sulfide) groups is 1. The summed E-state index contributed by atoms with van der Waals surface area (Å²) in [5.74, 6) is 0.0373. The average molecular weight is 302 g/mol. The van der Waals surface area contributed by atoms with Gasteiger partial charge < -0.3 is 10.4 Å². The molecule has 114 valence electrons. The van der Waals surface area contributed by atoms with E-state index in [1.807, 2.05) is 13.8 Å². The molecule has 1 aliphatic heterocycles. The molecule has 0 aromatic rings. The second-order valence-electron chi connectivity index (χ2n) is 5.30. The number of carboxylic acids is 1. The highest BCUT2D eigenvalue weighted by Gasteiger charge is 2.31. The average Bonchev–Trinajstić information content (AvgIpc) is 2.35. The minimum atomic E-state index is -0.906. The van der Waals surface area contributed by atoms with Crippen LogP contribution in [0, 0.1) is 5.92 Å². The molecule has 1 heterocycles. The van der Waals surface area contributed by atoms with E-state index >= 15 is 0 Å². The van der Waals surface area contributed by atoms with Crippen LogP contribution in [0.1, 0.15) is 20.8 Å². The molecule has 1 rings (SSSR count). The number of aliphatic carboxylic acids is 1. The van der Waals surface area contributed by atoms with Crippen molar-refractivity contribution < 1.29 is 19.5 Å². The van der Waals surface area contributed by atoms with E-state index < -0.39 is 18.1 Å². The van der Waals surface area contributed by atoms with E-state index in [9.17, 15) is 14.4 Å². The van der Waals surface area contributed by atoms with Crippen molar-refractivity contribution in [2.75, 3.05) is 24.6 Å². The van der Waals surface area contributed by atoms with E-state index in [4.69, 9.17) is 5.11 Å². The zero-order chi connectivity index (χ0) is 15.3. The molecule has 0 saturated carbocycles. The lowest BCUT2D eigenvalue weighted by Crippen LogP contribution is -2.53. The summed E-state index contributed by atoms with van der Waals surface area (Å²) < 4.78 is 0. The van der Waals surface area contributed by atoms with E-state index in [1.165, 1.54) is 6.92 Å². The SMILES string of the molecule is CC(=O)C(NC(=O)CN1CCSCC1C(=O)O)C(C)C. The van der Waals surface area contributed by atoms with Crippen molar-refractivity contribution in [3.05, 3.63) is 0 Å². The molecule has 0 aliphatic carbocycles. The molecule has 1 amide bonds. The van der Waals surface area contributed by atoms with Gasteiger partial charge in [0.2, 0.25) is 5.91 Å². The topological polar surface area (TPSA) is 86.7 Å². The highest BCUT2D eigenvalue weighted by atomic mass is 32.2. The molecule has 0 bridgehead atoms. The van der Waals surface area contributed by atoms with Crippen molar-refractivity contribution in [3.8, 4) is 0 Å². The largest absolute Gasteiger partial charge is 0.480 e. The molecule has 20 heavy (non-hydrogen) atoms. The third-order valence-electron chi connectivity index (χ3n) is 3.29. The van der Waals surface area contributed by atoms with Crippen LogP contribution in [0.4, 0.5) is 0 Å². The molecule has 0 aromatic carbocycles. The Morgan fingerprint density at radius 1 is 1.40 bits per heavy atom. The number of ketones is 1. The zero-order valence-electron chi connectivity index (χ0n) is 12.1. The van der Waals surface area contributed by atoms with Crippen LogP contribution in [0.3, 0.4) is 0 Å². The summed E-state index contributed by atoms with van der Waals surface area (Å²) in [7, 11) is 0. The Bertz CT molecular complexity index is 387. The minimum absolute atomic E-state index is 0.0173. The van der Waals surface area contributed by atoms with E-state index in [-0.39, 0.29) is 24.2 Å². The molecule has 1 aliphatic rings. The van der Waals surface area contributed by atoms with Gasteiger partial charge in [-0.3, -0.25) is 19.3 Å². The summed E-state index contributed by atoms with van der Waals surface area (Å²) in [4.78, 5) is 36.3. The first-order chi connectivity index (χ1) is 9.32. The Labute approximate surface area is 123 Å². The van der Waals surface area contributed by atoms with Gasteiger partial charge in [0.25, 0.3) is 0 Å². The van der Waals surface area contributed by atoms with Crippen LogP contribution in [0.2, 0.25) is 0 Å². The first-order valence-electron chi connectivity index (χ1n) is 6.67. The predicted molar refractivity (Wildman–Crippen MR) is 77.8 cm³/mol. The summed E-state index contributed by atoms with van der Waals surface area (Å²) in [6, 6.07) is -1.14. The standard InChI is InChI=1S/C13H22N2O4S/c1-8(2)12(9(3)16)14-11(17)6-15-4-5-20-7-10(15)13(18)19/h8,10,12H,4-7H2,1-3H3,(H,14,17)(H,18,19). The summed E-state index contributed by atoms with van der Waals surface area (Å²) in [5.41, 5.74) is 0. The van der Waals surface area contributed by atoms with Gasteiger partial charge in [0, 0.05) is 18.1 Å². The van der Waals surface area contributed by atoms with Crippen molar-refractivity contribution in [1.82, 2.24) is 10.2 Å². The first-order valence-corrected chi connectivity index (χ1v) is 7.82. The fourth-order valence-corrected chi connectivity index (χ4v) is 3.30. The number of nitrogens with one attached hydrogen (secondary N) is 1. The van der Waals surface area contributed by atoms with Crippen LogP contribution in [0.25, 0.3) is 0 Å². The Hall–Kier alpha value is -1.08. The number of Topliss-reactive ketones (excluding diaryl/α,β-unsaturated/α-hetero) is 1. The van der Waals surface area contributed by atoms with Gasteiger partial charge in [0.15, 0.2) is 5.78 Å². The van der Waals surface area contributed by atoms with Gasteiger partial charge in [0.05, 0.1) is 12.6 Å². The lowest BCUT2D eigenvalue weighted by atomic mass is 10.0. The summed E-state index contributed by atoms with van der Waals surface area (Å²) in [5, 5.41) is 11.8. The number of amides is 1. The lowest BCUT2D eigenvalue weighted by Gasteiger charge is -2.32. The van der Waals surface area contributed by atoms with Gasteiger partial charge in [-0.2, -0.15) is 11.8 Å². The number of nitrogens with zero attached hydrogens (tertiary/aromatic N) is 1. The van der Waals surface area contributed by atoms with E-state index in [2.05, 4.69) is 5.32 Å². The zero-order valence-corrected chi connectivity index (χ0v) is 12.9. The summed E-state index contributed by atoms with van der Waals surface area (Å²) >= 11 is 1.58. The normalized spacial score (nSPS) is 21.5. The van der Waals surface area contributed by atoms with E-state index in [1.54, 1.807) is 16.7 Å². The Morgan fingerprint density at radius 2 is 2.05 bits per heavy atom. The molecule has 2 unspecified atom stereocenters. The molecule has 0 radical (unpaired) electrons. The van der Waals surface area contributed by atoms with Crippen molar-refractivity contribution in [3.63, 3.8) is 0 Å². The third-order valence-corrected chi connectivity index (χ3v) is 4.31. The highest BCUT2D eigenvalue weighted by molar-refractivity contribution is 7.99. The first kappa shape index (κ1) is 17.0. The fourth-order valence-electron chi connectivity index (χ4n) is 2.20. The van der Waals surface area contributed by atoms with Crippen LogP contribution in [-0.2, 0) is 14.4 Å². The summed E-state index contributed by atoms with van der Waals surface area (Å²) in [6.07, 6.45) is 0. The molecule has 1 saturated heterocycles. The van der Waals surface area contributed by atoms with Crippen molar-refractivity contribution in [2.45, 2.75) is 32.9 Å². The van der Waals surface area contributed by atoms with Crippen LogP contribution in [0.15, 0.2) is 0 Å². The molecule has 2 N–H and O–H groups in total. The van der Waals surface area contributed by atoms with E-state index in [0.717, 1.165) is 5.75 Å². The molecule has 2 atom stereocenters. The van der Waals surface area contributed by atoms with Crippen LogP contribution >= 0.6 is 11.8 Å². The van der Waals surface area contributed by atoms with Crippen molar-refractivity contribution in [1.29, 1.82) is 0 Å². The summed E-state index contributed by atoms with van der Waals surface area (Å²) in [6.45, 7) is 5.77. The maximum absolute atomic E-state index is 12.0.